The predicted octanol–water partition coefficient (Wildman–Crippen LogP) is 2.97. The number of nitrogens with one attached hydrogen (secondary N) is 1. The molecule has 0 amide bonds. The van der Waals surface area contributed by atoms with Crippen LogP contribution >= 0.6 is 0 Å². The summed E-state index contributed by atoms with van der Waals surface area (Å²) in [5, 5.41) is 3.25. The maximum Gasteiger partial charge on any atom is 0.221 e. The molecule has 0 aromatic carbocycles. The van der Waals surface area contributed by atoms with E-state index in [1.807, 2.05) is 27.7 Å². The molecule has 5 nitrogen and oxygen atoms in total. The molecular weight excluding hydrogens is 254 g/mol. The fourth-order valence-electron chi connectivity index (χ4n) is 1.67. The van der Waals surface area contributed by atoms with Crippen LogP contribution in [0.2, 0.25) is 0 Å². The maximum atomic E-state index is 5.83. The van der Waals surface area contributed by atoms with E-state index in [9.17, 15) is 0 Å². The lowest BCUT2D eigenvalue weighted by Crippen LogP contribution is -2.25. The third-order valence-electron chi connectivity index (χ3n) is 3.30. The van der Waals surface area contributed by atoms with E-state index >= 15 is 0 Å². The number of hydrogen-bond donors (Lipinski definition) is 1. The maximum absolute atomic E-state index is 5.83. The number of rotatable bonds is 8. The van der Waals surface area contributed by atoms with Crippen molar-refractivity contribution in [2.45, 2.75) is 53.1 Å². The Morgan fingerprint density at radius 2 is 1.90 bits per heavy atom. The number of methoxy groups -OCH3 is 1. The van der Waals surface area contributed by atoms with E-state index in [0.717, 1.165) is 36.6 Å². The molecule has 0 fully saturated rings. The largest absolute Gasteiger partial charge is 0.477 e. The lowest BCUT2D eigenvalue weighted by Gasteiger charge is -2.23. The van der Waals surface area contributed by atoms with Crippen molar-refractivity contribution in [1.82, 2.24) is 9.97 Å². The molecule has 0 spiro atoms. The van der Waals surface area contributed by atoms with Crippen LogP contribution in [0.25, 0.3) is 0 Å². The highest BCUT2D eigenvalue weighted by Crippen LogP contribution is 2.23. The topological polar surface area (TPSA) is 56.3 Å². The van der Waals surface area contributed by atoms with Crippen molar-refractivity contribution < 1.29 is 9.47 Å². The average Bonchev–Trinajstić information content (AvgIpc) is 2.42. The number of anilines is 1. The molecule has 114 valence electrons. The zero-order chi connectivity index (χ0) is 15.2. The van der Waals surface area contributed by atoms with Gasteiger partial charge in [0, 0.05) is 26.5 Å². The summed E-state index contributed by atoms with van der Waals surface area (Å²) in [4.78, 5) is 8.95. The molecule has 20 heavy (non-hydrogen) atoms. The number of aromatic nitrogens is 2. The van der Waals surface area contributed by atoms with Gasteiger partial charge in [0.15, 0.2) is 0 Å². The second-order valence-electron chi connectivity index (χ2n) is 5.36. The quantitative estimate of drug-likeness (QED) is 0.794. The fourth-order valence-corrected chi connectivity index (χ4v) is 1.67. The van der Waals surface area contributed by atoms with Crippen molar-refractivity contribution in [3.8, 4) is 5.88 Å². The van der Waals surface area contributed by atoms with Crippen LogP contribution in [-0.4, -0.2) is 35.8 Å². The third kappa shape index (κ3) is 4.63. The molecule has 0 aliphatic heterocycles. The van der Waals surface area contributed by atoms with Crippen molar-refractivity contribution in [1.29, 1.82) is 0 Å². The van der Waals surface area contributed by atoms with Gasteiger partial charge < -0.3 is 14.8 Å². The Kier molecular flexibility index (Phi) is 6.20. The predicted molar refractivity (Wildman–Crippen MR) is 81.5 cm³/mol. The van der Waals surface area contributed by atoms with Crippen molar-refractivity contribution >= 4 is 5.82 Å². The van der Waals surface area contributed by atoms with Crippen LogP contribution in [0.5, 0.6) is 5.88 Å². The molecule has 1 aromatic heterocycles. The summed E-state index contributed by atoms with van der Waals surface area (Å²) in [7, 11) is 1.72. The number of nitrogens with zero attached hydrogens (tertiary/aromatic N) is 2. The first-order valence-electron chi connectivity index (χ1n) is 7.22. The summed E-state index contributed by atoms with van der Waals surface area (Å²) in [5.74, 6) is 2.33. The van der Waals surface area contributed by atoms with Crippen molar-refractivity contribution in [3.63, 3.8) is 0 Å². The average molecular weight is 281 g/mol. The van der Waals surface area contributed by atoms with Gasteiger partial charge in [-0.05, 0) is 27.7 Å². The first-order chi connectivity index (χ1) is 9.43. The Balaban J connectivity index is 2.80. The van der Waals surface area contributed by atoms with Crippen LogP contribution in [-0.2, 0) is 11.2 Å². The minimum Gasteiger partial charge on any atom is -0.477 e. The van der Waals surface area contributed by atoms with Gasteiger partial charge >= 0.3 is 0 Å². The van der Waals surface area contributed by atoms with E-state index in [-0.39, 0.29) is 5.60 Å². The van der Waals surface area contributed by atoms with E-state index in [4.69, 9.17) is 9.47 Å². The van der Waals surface area contributed by atoms with E-state index < -0.39 is 0 Å². The second kappa shape index (κ2) is 7.43. The molecule has 1 N–H and O–H groups in total. The molecule has 0 radical (unpaired) electrons. The lowest BCUT2D eigenvalue weighted by molar-refractivity contribution is 0.00500. The highest BCUT2D eigenvalue weighted by molar-refractivity contribution is 5.48. The van der Waals surface area contributed by atoms with Gasteiger partial charge in [0.05, 0.1) is 17.8 Å². The fraction of sp³-hybridized carbons (Fsp3) is 0.733. The molecule has 0 saturated carbocycles. The zero-order valence-corrected chi connectivity index (χ0v) is 13.5. The standard InChI is InChI=1S/C15H27N3O2/c1-7-12-17-13(16-8-2)11(3)14(18-12)20-10-9-15(4,5)19-6/h7-10H2,1-6H3,(H,16,17,18). The van der Waals surface area contributed by atoms with Crippen LogP contribution in [0.3, 0.4) is 0 Å². The van der Waals surface area contributed by atoms with Gasteiger partial charge in [0.1, 0.15) is 11.6 Å². The van der Waals surface area contributed by atoms with E-state index in [1.54, 1.807) is 7.11 Å². The number of hydrogen-bond acceptors (Lipinski definition) is 5. The Morgan fingerprint density at radius 1 is 1.20 bits per heavy atom. The van der Waals surface area contributed by atoms with Crippen molar-refractivity contribution in [3.05, 3.63) is 11.4 Å². The molecule has 1 heterocycles. The summed E-state index contributed by atoms with van der Waals surface area (Å²) in [6, 6.07) is 0. The smallest absolute Gasteiger partial charge is 0.221 e. The highest BCUT2D eigenvalue weighted by atomic mass is 16.5. The van der Waals surface area contributed by atoms with Crippen LogP contribution < -0.4 is 10.1 Å². The first-order valence-corrected chi connectivity index (χ1v) is 7.22. The van der Waals surface area contributed by atoms with Crippen LogP contribution in [0.4, 0.5) is 5.82 Å². The summed E-state index contributed by atoms with van der Waals surface area (Å²) in [6.07, 6.45) is 1.60. The van der Waals surface area contributed by atoms with Crippen molar-refractivity contribution in [2.75, 3.05) is 25.6 Å². The van der Waals surface area contributed by atoms with Crippen molar-refractivity contribution in [2.24, 2.45) is 0 Å². The van der Waals surface area contributed by atoms with Gasteiger partial charge in [0.25, 0.3) is 0 Å². The third-order valence-corrected chi connectivity index (χ3v) is 3.30. The van der Waals surface area contributed by atoms with Gasteiger partial charge in [-0.2, -0.15) is 4.98 Å². The summed E-state index contributed by atoms with van der Waals surface area (Å²) in [6.45, 7) is 11.6. The minimum absolute atomic E-state index is 0.182. The van der Waals surface area contributed by atoms with Gasteiger partial charge in [-0.3, -0.25) is 0 Å². The molecule has 1 rings (SSSR count). The molecule has 0 saturated heterocycles. The first kappa shape index (κ1) is 16.7. The zero-order valence-electron chi connectivity index (χ0n) is 13.5. The molecule has 0 unspecified atom stereocenters. The molecule has 1 aromatic rings. The molecule has 0 aliphatic rings. The van der Waals surface area contributed by atoms with Gasteiger partial charge in [-0.15, -0.1) is 0 Å². The molecule has 5 heteroatoms. The normalized spacial score (nSPS) is 11.5. The highest BCUT2D eigenvalue weighted by Gasteiger charge is 2.17. The van der Waals surface area contributed by atoms with Gasteiger partial charge in [-0.25, -0.2) is 4.98 Å². The summed E-state index contributed by atoms with van der Waals surface area (Å²) < 4.78 is 11.2. The van der Waals surface area contributed by atoms with E-state index in [0.29, 0.717) is 12.5 Å². The van der Waals surface area contributed by atoms with Crippen LogP contribution in [0, 0.1) is 6.92 Å². The van der Waals surface area contributed by atoms with Crippen LogP contribution in [0.15, 0.2) is 0 Å². The Hall–Kier alpha value is -1.36. The van der Waals surface area contributed by atoms with Gasteiger partial charge in [-0.1, -0.05) is 6.92 Å². The second-order valence-corrected chi connectivity index (χ2v) is 5.36. The summed E-state index contributed by atoms with van der Waals surface area (Å²) >= 11 is 0. The van der Waals surface area contributed by atoms with Gasteiger partial charge in [0.2, 0.25) is 5.88 Å². The molecule has 0 atom stereocenters. The molecular formula is C15H27N3O2. The lowest BCUT2D eigenvalue weighted by atomic mass is 10.1. The molecule has 0 aliphatic carbocycles. The van der Waals surface area contributed by atoms with E-state index in [1.165, 1.54) is 0 Å². The SMILES string of the molecule is CCNc1nc(CC)nc(OCCC(C)(C)OC)c1C. The Morgan fingerprint density at radius 3 is 2.45 bits per heavy atom. The number of ether oxygens (including phenoxy) is 2. The Bertz CT molecular complexity index is 433. The Labute approximate surface area is 122 Å². The van der Waals surface area contributed by atoms with E-state index in [2.05, 4.69) is 22.2 Å². The van der Waals surface area contributed by atoms with Crippen LogP contribution in [0.1, 0.15) is 45.5 Å². The monoisotopic (exact) mass is 281 g/mol. The minimum atomic E-state index is -0.182. The molecule has 0 bridgehead atoms. The number of aryl methyl sites for hydroxylation is 1. The summed E-state index contributed by atoms with van der Waals surface area (Å²) in [5.41, 5.74) is 0.776.